The maximum Gasteiger partial charge on any atom is 0.0681 e. The van der Waals surface area contributed by atoms with Crippen LogP contribution in [-0.2, 0) is 13.2 Å². The lowest BCUT2D eigenvalue weighted by Gasteiger charge is -2.23. The first-order valence-electron chi connectivity index (χ1n) is 6.52. The highest BCUT2D eigenvalue weighted by Crippen LogP contribution is 2.19. The molecule has 3 N–H and O–H groups in total. The van der Waals surface area contributed by atoms with Crippen LogP contribution in [0.5, 0.6) is 0 Å². The molecule has 100 valence electrons. The molecule has 0 spiro atoms. The predicted octanol–water partition coefficient (Wildman–Crippen LogP) is 2.79. The summed E-state index contributed by atoms with van der Waals surface area (Å²) in [5, 5.41) is 9.04. The molecule has 3 heteroatoms. The molecule has 0 atom stereocenters. The summed E-state index contributed by atoms with van der Waals surface area (Å²) in [6.45, 7) is 4.02. The number of nitrogens with two attached hydrogens (primary N) is 1. The zero-order valence-electron chi connectivity index (χ0n) is 11.2. The Balaban J connectivity index is 2.11. The molecule has 0 radical (unpaired) electrons. The second kappa shape index (κ2) is 6.25. The standard InChI is InChI=1S/C16H20N2O/c1-2-18(16-9-7-15(17)8-10-16)11-13-3-5-14(12-19)6-4-13/h3-10,19H,2,11-12,17H2,1H3. The third-order valence-electron chi connectivity index (χ3n) is 3.22. The van der Waals surface area contributed by atoms with Crippen molar-refractivity contribution in [1.29, 1.82) is 0 Å². The molecule has 0 aromatic heterocycles. The minimum atomic E-state index is 0.0930. The van der Waals surface area contributed by atoms with Crippen LogP contribution in [0.4, 0.5) is 11.4 Å². The van der Waals surface area contributed by atoms with E-state index in [-0.39, 0.29) is 6.61 Å². The molecule has 0 aliphatic heterocycles. The van der Waals surface area contributed by atoms with Gasteiger partial charge in [0.15, 0.2) is 0 Å². The van der Waals surface area contributed by atoms with E-state index < -0.39 is 0 Å². The first-order chi connectivity index (χ1) is 9.22. The number of benzene rings is 2. The molecular weight excluding hydrogens is 236 g/mol. The number of nitrogens with zero attached hydrogens (tertiary/aromatic N) is 1. The van der Waals surface area contributed by atoms with Crippen molar-refractivity contribution >= 4 is 11.4 Å². The quantitative estimate of drug-likeness (QED) is 0.809. The van der Waals surface area contributed by atoms with Gasteiger partial charge in [0.25, 0.3) is 0 Å². The van der Waals surface area contributed by atoms with E-state index in [9.17, 15) is 0 Å². The van der Waals surface area contributed by atoms with Crippen LogP contribution in [0.2, 0.25) is 0 Å². The molecule has 0 saturated heterocycles. The second-order valence-electron chi connectivity index (χ2n) is 4.58. The van der Waals surface area contributed by atoms with E-state index in [0.717, 1.165) is 24.3 Å². The van der Waals surface area contributed by atoms with Gasteiger partial charge < -0.3 is 15.7 Å². The van der Waals surface area contributed by atoms with Gasteiger partial charge in [-0.2, -0.15) is 0 Å². The van der Waals surface area contributed by atoms with Crippen molar-refractivity contribution < 1.29 is 5.11 Å². The normalized spacial score (nSPS) is 10.4. The fourth-order valence-electron chi connectivity index (χ4n) is 2.04. The fourth-order valence-corrected chi connectivity index (χ4v) is 2.04. The van der Waals surface area contributed by atoms with Gasteiger partial charge in [0.2, 0.25) is 0 Å². The fraction of sp³-hybridized carbons (Fsp3) is 0.250. The first-order valence-corrected chi connectivity index (χ1v) is 6.52. The molecule has 2 aromatic carbocycles. The van der Waals surface area contributed by atoms with Gasteiger partial charge in [-0.3, -0.25) is 0 Å². The highest BCUT2D eigenvalue weighted by Gasteiger charge is 2.05. The Morgan fingerprint density at radius 2 is 1.53 bits per heavy atom. The SMILES string of the molecule is CCN(Cc1ccc(CO)cc1)c1ccc(N)cc1. The van der Waals surface area contributed by atoms with Crippen molar-refractivity contribution in [2.75, 3.05) is 17.2 Å². The van der Waals surface area contributed by atoms with Crippen LogP contribution in [0.1, 0.15) is 18.1 Å². The average molecular weight is 256 g/mol. The molecule has 0 saturated carbocycles. The third kappa shape index (κ3) is 3.48. The van der Waals surface area contributed by atoms with Crippen LogP contribution in [0.25, 0.3) is 0 Å². The summed E-state index contributed by atoms with van der Waals surface area (Å²) in [5.74, 6) is 0. The number of hydrogen-bond acceptors (Lipinski definition) is 3. The molecule has 2 rings (SSSR count). The Morgan fingerprint density at radius 1 is 0.947 bits per heavy atom. The number of nitrogen functional groups attached to an aromatic ring is 1. The lowest BCUT2D eigenvalue weighted by molar-refractivity contribution is 0.282. The summed E-state index contributed by atoms with van der Waals surface area (Å²) in [4.78, 5) is 2.29. The maximum atomic E-state index is 9.04. The highest BCUT2D eigenvalue weighted by atomic mass is 16.3. The van der Waals surface area contributed by atoms with Crippen LogP contribution in [-0.4, -0.2) is 11.7 Å². The van der Waals surface area contributed by atoms with Crippen LogP contribution < -0.4 is 10.6 Å². The molecule has 19 heavy (non-hydrogen) atoms. The van der Waals surface area contributed by atoms with Crippen LogP contribution in [0, 0.1) is 0 Å². The molecule has 0 aliphatic carbocycles. The molecule has 0 aliphatic rings. The summed E-state index contributed by atoms with van der Waals surface area (Å²) < 4.78 is 0. The van der Waals surface area contributed by atoms with Crippen molar-refractivity contribution in [1.82, 2.24) is 0 Å². The van der Waals surface area contributed by atoms with Crippen LogP contribution in [0.15, 0.2) is 48.5 Å². The van der Waals surface area contributed by atoms with E-state index in [2.05, 4.69) is 24.0 Å². The van der Waals surface area contributed by atoms with E-state index in [0.29, 0.717) is 0 Å². The smallest absolute Gasteiger partial charge is 0.0681 e. The molecule has 0 fully saturated rings. The number of aliphatic hydroxyl groups is 1. The number of rotatable bonds is 5. The van der Waals surface area contributed by atoms with Gasteiger partial charge in [-0.15, -0.1) is 0 Å². The maximum absolute atomic E-state index is 9.04. The Hall–Kier alpha value is -2.00. The van der Waals surface area contributed by atoms with Crippen LogP contribution in [0.3, 0.4) is 0 Å². The van der Waals surface area contributed by atoms with Crippen molar-refractivity contribution in [2.24, 2.45) is 0 Å². The minimum Gasteiger partial charge on any atom is -0.399 e. The molecule has 0 amide bonds. The molecule has 0 bridgehead atoms. The molecule has 0 unspecified atom stereocenters. The molecular formula is C16H20N2O. The Morgan fingerprint density at radius 3 is 2.05 bits per heavy atom. The van der Waals surface area contributed by atoms with Crippen molar-refractivity contribution in [3.8, 4) is 0 Å². The first kappa shape index (κ1) is 13.4. The highest BCUT2D eigenvalue weighted by molar-refractivity contribution is 5.53. The van der Waals surface area contributed by atoms with Gasteiger partial charge in [-0.1, -0.05) is 24.3 Å². The van der Waals surface area contributed by atoms with Gasteiger partial charge in [-0.25, -0.2) is 0 Å². The van der Waals surface area contributed by atoms with E-state index in [1.807, 2.05) is 36.4 Å². The minimum absolute atomic E-state index is 0.0930. The molecule has 2 aromatic rings. The molecule has 0 heterocycles. The number of hydrogen-bond donors (Lipinski definition) is 2. The van der Waals surface area contributed by atoms with E-state index in [1.165, 1.54) is 11.3 Å². The summed E-state index contributed by atoms with van der Waals surface area (Å²) in [6, 6.07) is 16.0. The van der Waals surface area contributed by atoms with E-state index >= 15 is 0 Å². The Labute approximate surface area is 114 Å². The van der Waals surface area contributed by atoms with E-state index in [1.54, 1.807) is 0 Å². The van der Waals surface area contributed by atoms with Crippen molar-refractivity contribution in [2.45, 2.75) is 20.1 Å². The monoisotopic (exact) mass is 256 g/mol. The van der Waals surface area contributed by atoms with Gasteiger partial charge in [-0.05, 0) is 42.3 Å². The van der Waals surface area contributed by atoms with Gasteiger partial charge in [0, 0.05) is 24.5 Å². The predicted molar refractivity (Wildman–Crippen MR) is 79.9 cm³/mol. The van der Waals surface area contributed by atoms with Crippen LogP contribution >= 0.6 is 0 Å². The summed E-state index contributed by atoms with van der Waals surface area (Å²) in [5.41, 5.74) is 9.84. The Kier molecular flexibility index (Phi) is 4.42. The summed E-state index contributed by atoms with van der Waals surface area (Å²) >= 11 is 0. The Bertz CT molecular complexity index is 505. The average Bonchev–Trinajstić information content (AvgIpc) is 2.46. The largest absolute Gasteiger partial charge is 0.399 e. The lowest BCUT2D eigenvalue weighted by Crippen LogP contribution is -2.21. The number of aliphatic hydroxyl groups excluding tert-OH is 1. The third-order valence-corrected chi connectivity index (χ3v) is 3.22. The van der Waals surface area contributed by atoms with Gasteiger partial charge in [0.1, 0.15) is 0 Å². The van der Waals surface area contributed by atoms with Gasteiger partial charge >= 0.3 is 0 Å². The topological polar surface area (TPSA) is 49.5 Å². The second-order valence-corrected chi connectivity index (χ2v) is 4.58. The van der Waals surface area contributed by atoms with Crippen molar-refractivity contribution in [3.05, 3.63) is 59.7 Å². The zero-order valence-corrected chi connectivity index (χ0v) is 11.2. The summed E-state index contributed by atoms with van der Waals surface area (Å²) in [6.07, 6.45) is 0. The number of anilines is 2. The van der Waals surface area contributed by atoms with E-state index in [4.69, 9.17) is 10.8 Å². The summed E-state index contributed by atoms with van der Waals surface area (Å²) in [7, 11) is 0. The van der Waals surface area contributed by atoms with Crippen molar-refractivity contribution in [3.63, 3.8) is 0 Å². The zero-order chi connectivity index (χ0) is 13.7. The molecule has 3 nitrogen and oxygen atoms in total. The van der Waals surface area contributed by atoms with Gasteiger partial charge in [0.05, 0.1) is 6.61 Å². The lowest BCUT2D eigenvalue weighted by atomic mass is 10.1.